The summed E-state index contributed by atoms with van der Waals surface area (Å²) in [6, 6.07) is 3.19. The minimum absolute atomic E-state index is 0.0912. The molecule has 2 aromatic rings. The molecule has 0 spiro atoms. The van der Waals surface area contributed by atoms with Crippen molar-refractivity contribution < 1.29 is 13.3 Å². The maximum Gasteiger partial charge on any atom is 0.271 e. The number of nitrogens with zero attached hydrogens (tertiary/aromatic N) is 3. The zero-order valence-electron chi connectivity index (χ0n) is 10.7. The zero-order chi connectivity index (χ0) is 15.5. The van der Waals surface area contributed by atoms with Crippen LogP contribution < -0.4 is 10.5 Å². The fourth-order valence-corrected chi connectivity index (χ4v) is 2.77. The van der Waals surface area contributed by atoms with Crippen molar-refractivity contribution in [1.82, 2.24) is 19.9 Å². The monoisotopic (exact) mass is 312 g/mol. The fraction of sp³-hybridized carbons (Fsp3) is 0.200. The van der Waals surface area contributed by atoms with Crippen LogP contribution in [0.25, 0.3) is 0 Å². The molecule has 21 heavy (non-hydrogen) atoms. The summed E-state index contributed by atoms with van der Waals surface area (Å²) in [4.78, 5) is 13.6. The fourth-order valence-electron chi connectivity index (χ4n) is 1.63. The van der Waals surface area contributed by atoms with E-state index in [1.165, 1.54) is 6.33 Å². The van der Waals surface area contributed by atoms with Gasteiger partial charge in [0.1, 0.15) is 17.0 Å². The van der Waals surface area contributed by atoms with Crippen molar-refractivity contribution in [3.63, 3.8) is 0 Å². The topological polar surface area (TPSA) is 157 Å². The summed E-state index contributed by atoms with van der Waals surface area (Å²) in [5.41, 5.74) is 5.11. The quantitative estimate of drug-likeness (QED) is 0.379. The summed E-state index contributed by atoms with van der Waals surface area (Å²) in [5, 5.41) is 16.8. The number of aromatic nitrogens is 3. The first kappa shape index (κ1) is 14.9. The largest absolute Gasteiger partial charge is 0.397 e. The number of hydrogen-bond acceptors (Lipinski definition) is 7. The lowest BCUT2D eigenvalue weighted by atomic mass is 10.3. The summed E-state index contributed by atoms with van der Waals surface area (Å²) < 4.78 is 26.4. The lowest BCUT2D eigenvalue weighted by molar-refractivity contribution is -0.384. The molecule has 2 rings (SSSR count). The van der Waals surface area contributed by atoms with Crippen molar-refractivity contribution in [3.05, 3.63) is 40.5 Å². The van der Waals surface area contributed by atoms with Crippen molar-refractivity contribution in [2.75, 3.05) is 12.3 Å². The van der Waals surface area contributed by atoms with E-state index in [2.05, 4.69) is 19.9 Å². The highest BCUT2D eigenvalue weighted by atomic mass is 32.2. The molecule has 0 saturated carbocycles. The summed E-state index contributed by atoms with van der Waals surface area (Å²) in [7, 11) is -3.85. The summed E-state index contributed by atoms with van der Waals surface area (Å²) in [5.74, 6) is 0.536. The van der Waals surface area contributed by atoms with Gasteiger partial charge in [0, 0.05) is 25.1 Å². The van der Waals surface area contributed by atoms with Gasteiger partial charge in [0.05, 0.1) is 10.6 Å². The Bertz CT molecular complexity index is 743. The second-order valence-corrected chi connectivity index (χ2v) is 5.79. The van der Waals surface area contributed by atoms with Crippen molar-refractivity contribution >= 4 is 21.4 Å². The maximum atomic E-state index is 12.1. The third kappa shape index (κ3) is 3.52. The highest BCUT2D eigenvalue weighted by Crippen LogP contribution is 2.23. The minimum atomic E-state index is -3.85. The van der Waals surface area contributed by atoms with Gasteiger partial charge in [0.2, 0.25) is 10.0 Å². The molecule has 0 atom stereocenters. The first-order valence-corrected chi connectivity index (χ1v) is 7.26. The van der Waals surface area contributed by atoms with Crippen LogP contribution in [-0.4, -0.2) is 35.1 Å². The Labute approximate surface area is 119 Å². The molecule has 0 aliphatic heterocycles. The van der Waals surface area contributed by atoms with E-state index >= 15 is 0 Å². The molecule has 1 heterocycles. The molecule has 0 bridgehead atoms. The van der Waals surface area contributed by atoms with Gasteiger partial charge in [-0.2, -0.15) is 5.10 Å². The predicted molar refractivity (Wildman–Crippen MR) is 72.8 cm³/mol. The molecule has 0 aliphatic rings. The molecule has 0 aliphatic carbocycles. The molecule has 0 unspecified atom stereocenters. The Morgan fingerprint density at radius 1 is 1.43 bits per heavy atom. The number of benzene rings is 1. The van der Waals surface area contributed by atoms with Crippen LogP contribution in [0.5, 0.6) is 0 Å². The molecule has 1 aromatic heterocycles. The summed E-state index contributed by atoms with van der Waals surface area (Å²) in [6.07, 6.45) is 1.64. The van der Waals surface area contributed by atoms with Gasteiger partial charge in [-0.3, -0.25) is 15.2 Å². The number of nitrogens with one attached hydrogen (secondary N) is 2. The molecule has 0 radical (unpaired) electrons. The molecule has 1 aromatic carbocycles. The molecule has 0 saturated heterocycles. The smallest absolute Gasteiger partial charge is 0.271 e. The second-order valence-electron chi connectivity index (χ2n) is 4.06. The summed E-state index contributed by atoms with van der Waals surface area (Å²) >= 11 is 0. The van der Waals surface area contributed by atoms with Crippen molar-refractivity contribution in [2.24, 2.45) is 0 Å². The van der Waals surface area contributed by atoms with Crippen molar-refractivity contribution in [3.8, 4) is 0 Å². The maximum absolute atomic E-state index is 12.1. The Balaban J connectivity index is 2.10. The number of anilines is 1. The van der Waals surface area contributed by atoms with E-state index < -0.39 is 14.9 Å². The molecule has 4 N–H and O–H groups in total. The van der Waals surface area contributed by atoms with Crippen LogP contribution >= 0.6 is 0 Å². The minimum Gasteiger partial charge on any atom is -0.397 e. The highest BCUT2D eigenvalue weighted by molar-refractivity contribution is 7.89. The SMILES string of the molecule is Nc1cc([N+](=O)[O-])ccc1S(=O)(=O)NCCc1ncn[nH]1. The average Bonchev–Trinajstić information content (AvgIpc) is 2.91. The number of sulfonamides is 1. The van der Waals surface area contributed by atoms with E-state index in [-0.39, 0.29) is 22.8 Å². The number of aromatic amines is 1. The summed E-state index contributed by atoms with van der Waals surface area (Å²) in [6.45, 7) is 0.0912. The second kappa shape index (κ2) is 5.85. The van der Waals surface area contributed by atoms with Gasteiger partial charge < -0.3 is 5.73 Å². The van der Waals surface area contributed by atoms with Gasteiger partial charge in [-0.25, -0.2) is 18.1 Å². The molecular formula is C10H12N6O4S. The van der Waals surface area contributed by atoms with Crippen LogP contribution in [-0.2, 0) is 16.4 Å². The third-order valence-electron chi connectivity index (χ3n) is 2.61. The van der Waals surface area contributed by atoms with Gasteiger partial charge >= 0.3 is 0 Å². The zero-order valence-corrected chi connectivity index (χ0v) is 11.5. The Morgan fingerprint density at radius 2 is 2.19 bits per heavy atom. The van der Waals surface area contributed by atoms with Gasteiger partial charge in [-0.05, 0) is 6.07 Å². The van der Waals surface area contributed by atoms with Crippen LogP contribution in [0.15, 0.2) is 29.4 Å². The molecule has 11 heteroatoms. The third-order valence-corrected chi connectivity index (χ3v) is 4.15. The lowest BCUT2D eigenvalue weighted by Gasteiger charge is -2.08. The number of nitro groups is 1. The van der Waals surface area contributed by atoms with Gasteiger partial charge in [-0.1, -0.05) is 0 Å². The predicted octanol–water partition coefficient (Wildman–Crippen LogP) is -0.184. The van der Waals surface area contributed by atoms with Crippen LogP contribution in [0.4, 0.5) is 11.4 Å². The van der Waals surface area contributed by atoms with Crippen LogP contribution in [0.2, 0.25) is 0 Å². The van der Waals surface area contributed by atoms with Gasteiger partial charge in [-0.15, -0.1) is 0 Å². The van der Waals surface area contributed by atoms with Crippen LogP contribution in [0, 0.1) is 10.1 Å². The molecule has 112 valence electrons. The Kier molecular flexibility index (Phi) is 4.14. The number of non-ortho nitro benzene ring substituents is 1. The van der Waals surface area contributed by atoms with E-state index in [9.17, 15) is 18.5 Å². The van der Waals surface area contributed by atoms with E-state index in [1.54, 1.807) is 0 Å². The number of nitrogens with two attached hydrogens (primary N) is 1. The van der Waals surface area contributed by atoms with E-state index in [1.807, 2.05) is 0 Å². The number of nitro benzene ring substituents is 1. The molecule has 0 amide bonds. The van der Waals surface area contributed by atoms with Gasteiger partial charge in [0.15, 0.2) is 0 Å². The van der Waals surface area contributed by atoms with E-state index in [0.717, 1.165) is 18.2 Å². The number of hydrogen-bond donors (Lipinski definition) is 3. The van der Waals surface area contributed by atoms with Crippen LogP contribution in [0.1, 0.15) is 5.82 Å². The standard InChI is InChI=1S/C10H12N6O4S/c11-8-5-7(16(17)18)1-2-9(8)21(19,20)14-4-3-10-12-6-13-15-10/h1-2,5-6,14H,3-4,11H2,(H,12,13,15). The lowest BCUT2D eigenvalue weighted by Crippen LogP contribution is -2.27. The average molecular weight is 312 g/mol. The van der Waals surface area contributed by atoms with Crippen molar-refractivity contribution in [1.29, 1.82) is 0 Å². The van der Waals surface area contributed by atoms with E-state index in [0.29, 0.717) is 12.2 Å². The van der Waals surface area contributed by atoms with E-state index in [4.69, 9.17) is 5.73 Å². The molecule has 0 fully saturated rings. The molecular weight excluding hydrogens is 300 g/mol. The highest BCUT2D eigenvalue weighted by Gasteiger charge is 2.19. The number of H-pyrrole nitrogens is 1. The number of nitrogen functional groups attached to an aromatic ring is 1. The normalized spacial score (nSPS) is 11.4. The Morgan fingerprint density at radius 3 is 2.76 bits per heavy atom. The first-order chi connectivity index (χ1) is 9.90. The van der Waals surface area contributed by atoms with Crippen LogP contribution in [0.3, 0.4) is 0 Å². The van der Waals surface area contributed by atoms with Crippen molar-refractivity contribution in [2.45, 2.75) is 11.3 Å². The Hall–Kier alpha value is -2.53. The first-order valence-electron chi connectivity index (χ1n) is 5.78. The molecule has 10 nitrogen and oxygen atoms in total. The number of rotatable bonds is 6. The van der Waals surface area contributed by atoms with Gasteiger partial charge in [0.25, 0.3) is 5.69 Å².